The average Bonchev–Trinajstić information content (AvgIpc) is 3.04. The minimum absolute atomic E-state index is 0.363. The van der Waals surface area contributed by atoms with Gasteiger partial charge in [-0.3, -0.25) is 4.99 Å². The van der Waals surface area contributed by atoms with Gasteiger partial charge in [0.25, 0.3) is 0 Å². The maximum absolute atomic E-state index is 5.93. The highest BCUT2D eigenvalue weighted by molar-refractivity contribution is 7.09. The second-order valence-electron chi connectivity index (χ2n) is 5.54. The van der Waals surface area contributed by atoms with Gasteiger partial charge in [-0.15, -0.1) is 11.3 Å². The summed E-state index contributed by atoms with van der Waals surface area (Å²) in [6.45, 7) is 4.88. The van der Waals surface area contributed by atoms with Crippen LogP contribution in [-0.2, 0) is 6.42 Å². The summed E-state index contributed by atoms with van der Waals surface area (Å²) >= 11 is 1.69. The summed E-state index contributed by atoms with van der Waals surface area (Å²) in [4.78, 5) is 8.93. The maximum Gasteiger partial charge on any atom is 0.193 e. The summed E-state index contributed by atoms with van der Waals surface area (Å²) in [6.07, 6.45) is 0.775. The van der Waals surface area contributed by atoms with Crippen molar-refractivity contribution in [2.24, 2.45) is 10.7 Å². The second kappa shape index (κ2) is 8.54. The van der Waals surface area contributed by atoms with Gasteiger partial charge in [0.05, 0.1) is 24.9 Å². The molecule has 24 heavy (non-hydrogen) atoms. The SMILES string of the molecule is COc1ccc(NC(N)=NCCc2csc(C(C)C)n2)cc1OC. The molecule has 0 saturated heterocycles. The zero-order chi connectivity index (χ0) is 17.5. The van der Waals surface area contributed by atoms with Crippen LogP contribution in [0.3, 0.4) is 0 Å². The minimum atomic E-state index is 0.363. The lowest BCUT2D eigenvalue weighted by Crippen LogP contribution is -2.23. The van der Waals surface area contributed by atoms with E-state index in [1.165, 1.54) is 0 Å². The van der Waals surface area contributed by atoms with Gasteiger partial charge in [0.1, 0.15) is 0 Å². The van der Waals surface area contributed by atoms with Crippen LogP contribution in [0.25, 0.3) is 0 Å². The summed E-state index contributed by atoms with van der Waals surface area (Å²) in [6, 6.07) is 5.49. The van der Waals surface area contributed by atoms with E-state index in [0.717, 1.165) is 22.8 Å². The van der Waals surface area contributed by atoms with E-state index >= 15 is 0 Å². The quantitative estimate of drug-likeness (QED) is 0.593. The van der Waals surface area contributed by atoms with Crippen molar-refractivity contribution in [3.05, 3.63) is 34.3 Å². The number of nitrogens with one attached hydrogen (secondary N) is 1. The molecule has 3 N–H and O–H groups in total. The molecule has 1 aromatic carbocycles. The normalized spacial score (nSPS) is 11.6. The minimum Gasteiger partial charge on any atom is -0.493 e. The highest BCUT2D eigenvalue weighted by atomic mass is 32.1. The lowest BCUT2D eigenvalue weighted by Gasteiger charge is -2.10. The number of benzene rings is 1. The summed E-state index contributed by atoms with van der Waals surface area (Å²) in [5.74, 6) is 2.13. The van der Waals surface area contributed by atoms with Crippen molar-refractivity contribution in [1.29, 1.82) is 0 Å². The Bertz CT molecular complexity index is 698. The molecule has 7 heteroatoms. The summed E-state index contributed by atoms with van der Waals surface area (Å²) < 4.78 is 10.5. The smallest absolute Gasteiger partial charge is 0.193 e. The van der Waals surface area contributed by atoms with E-state index in [2.05, 4.69) is 34.5 Å². The molecule has 130 valence electrons. The molecule has 0 bridgehead atoms. The molecular weight excluding hydrogens is 324 g/mol. The Labute approximate surface area is 146 Å². The molecule has 1 heterocycles. The molecule has 1 aromatic heterocycles. The third-order valence-electron chi connectivity index (χ3n) is 3.37. The third-order valence-corrected chi connectivity index (χ3v) is 4.56. The number of hydrogen-bond acceptors (Lipinski definition) is 5. The fraction of sp³-hybridized carbons (Fsp3) is 0.412. The molecule has 0 atom stereocenters. The first kappa shape index (κ1) is 18.1. The standard InChI is InChI=1S/C17H24N4O2S/c1-11(2)16-20-13(10-24-16)7-8-19-17(18)21-12-5-6-14(22-3)15(9-12)23-4/h5-6,9-11H,7-8H2,1-4H3,(H3,18,19,21). The highest BCUT2D eigenvalue weighted by Gasteiger charge is 2.06. The second-order valence-corrected chi connectivity index (χ2v) is 6.43. The van der Waals surface area contributed by atoms with E-state index in [1.54, 1.807) is 25.6 Å². The van der Waals surface area contributed by atoms with Crippen molar-refractivity contribution in [1.82, 2.24) is 4.98 Å². The van der Waals surface area contributed by atoms with Crippen LogP contribution in [0.5, 0.6) is 11.5 Å². The Balaban J connectivity index is 1.91. The monoisotopic (exact) mass is 348 g/mol. The predicted octanol–water partition coefficient (Wildman–Crippen LogP) is 3.25. The molecule has 0 amide bonds. The first-order valence-electron chi connectivity index (χ1n) is 7.76. The van der Waals surface area contributed by atoms with Crippen LogP contribution in [-0.4, -0.2) is 31.7 Å². The van der Waals surface area contributed by atoms with E-state index in [1.807, 2.05) is 18.2 Å². The number of thiazole rings is 1. The van der Waals surface area contributed by atoms with Gasteiger partial charge in [0.15, 0.2) is 17.5 Å². The number of nitrogens with two attached hydrogens (primary N) is 1. The molecule has 0 unspecified atom stereocenters. The summed E-state index contributed by atoms with van der Waals surface area (Å²) in [5, 5.41) is 6.30. The topological polar surface area (TPSA) is 81.8 Å². The number of hydrogen-bond donors (Lipinski definition) is 2. The van der Waals surface area contributed by atoms with Crippen LogP contribution >= 0.6 is 11.3 Å². The summed E-state index contributed by atoms with van der Waals surface area (Å²) in [5.41, 5.74) is 7.79. The first-order chi connectivity index (χ1) is 11.5. The predicted molar refractivity (Wildman–Crippen MR) is 99.6 cm³/mol. The Hall–Kier alpha value is -2.28. The fourth-order valence-corrected chi connectivity index (χ4v) is 2.96. The number of guanidine groups is 1. The highest BCUT2D eigenvalue weighted by Crippen LogP contribution is 2.29. The molecule has 2 rings (SSSR count). The number of anilines is 1. The van der Waals surface area contributed by atoms with Crippen LogP contribution in [0.2, 0.25) is 0 Å². The van der Waals surface area contributed by atoms with Gasteiger partial charge in [0.2, 0.25) is 0 Å². The Morgan fingerprint density at radius 3 is 2.67 bits per heavy atom. The Kier molecular flexibility index (Phi) is 6.43. The Morgan fingerprint density at radius 1 is 1.29 bits per heavy atom. The lowest BCUT2D eigenvalue weighted by atomic mass is 10.2. The van der Waals surface area contributed by atoms with E-state index in [4.69, 9.17) is 15.2 Å². The van der Waals surface area contributed by atoms with Crippen molar-refractivity contribution in [3.8, 4) is 11.5 Å². The molecule has 0 aliphatic heterocycles. The van der Waals surface area contributed by atoms with Crippen molar-refractivity contribution < 1.29 is 9.47 Å². The average molecular weight is 348 g/mol. The van der Waals surface area contributed by atoms with Gasteiger partial charge in [0, 0.05) is 36.0 Å². The molecular formula is C17H24N4O2S. The molecule has 0 radical (unpaired) electrons. The lowest BCUT2D eigenvalue weighted by molar-refractivity contribution is 0.355. The molecule has 0 saturated carbocycles. The van der Waals surface area contributed by atoms with Crippen molar-refractivity contribution in [3.63, 3.8) is 0 Å². The largest absolute Gasteiger partial charge is 0.493 e. The molecule has 2 aromatic rings. The van der Waals surface area contributed by atoms with Gasteiger partial charge < -0.3 is 20.5 Å². The zero-order valence-corrected chi connectivity index (χ0v) is 15.3. The van der Waals surface area contributed by atoms with E-state index in [-0.39, 0.29) is 0 Å². The van der Waals surface area contributed by atoms with Crippen LogP contribution in [0.4, 0.5) is 5.69 Å². The molecule has 0 aliphatic carbocycles. The van der Waals surface area contributed by atoms with Crippen LogP contribution < -0.4 is 20.5 Å². The van der Waals surface area contributed by atoms with Gasteiger partial charge in [-0.1, -0.05) is 13.8 Å². The zero-order valence-electron chi connectivity index (χ0n) is 14.5. The Morgan fingerprint density at radius 2 is 2.04 bits per heavy atom. The van der Waals surface area contributed by atoms with E-state index < -0.39 is 0 Å². The van der Waals surface area contributed by atoms with Crippen molar-refractivity contribution in [2.45, 2.75) is 26.2 Å². The molecule has 6 nitrogen and oxygen atoms in total. The number of nitrogens with zero attached hydrogens (tertiary/aromatic N) is 2. The molecule has 0 aliphatic rings. The van der Waals surface area contributed by atoms with Gasteiger partial charge in [-0.2, -0.15) is 0 Å². The third kappa shape index (κ3) is 4.86. The van der Waals surface area contributed by atoms with E-state index in [0.29, 0.717) is 29.9 Å². The maximum atomic E-state index is 5.93. The summed E-state index contributed by atoms with van der Waals surface area (Å²) in [7, 11) is 3.20. The fourth-order valence-electron chi connectivity index (χ4n) is 2.09. The van der Waals surface area contributed by atoms with Gasteiger partial charge in [-0.05, 0) is 12.1 Å². The number of aromatic nitrogens is 1. The number of rotatable bonds is 7. The first-order valence-corrected chi connectivity index (χ1v) is 8.64. The van der Waals surface area contributed by atoms with Gasteiger partial charge >= 0.3 is 0 Å². The van der Waals surface area contributed by atoms with Crippen LogP contribution in [0.1, 0.15) is 30.5 Å². The van der Waals surface area contributed by atoms with Gasteiger partial charge in [-0.25, -0.2) is 4.98 Å². The number of ether oxygens (including phenoxy) is 2. The number of methoxy groups -OCH3 is 2. The molecule has 0 fully saturated rings. The molecule has 0 spiro atoms. The van der Waals surface area contributed by atoms with Crippen LogP contribution in [0.15, 0.2) is 28.6 Å². The van der Waals surface area contributed by atoms with Crippen LogP contribution in [0, 0.1) is 0 Å². The van der Waals surface area contributed by atoms with E-state index in [9.17, 15) is 0 Å². The van der Waals surface area contributed by atoms with Crippen molar-refractivity contribution >= 4 is 23.0 Å². The number of aliphatic imine (C=N–C) groups is 1. The van der Waals surface area contributed by atoms with Crippen molar-refractivity contribution in [2.75, 3.05) is 26.1 Å².